The SMILES string of the molecule is CC1(C)CCC(C)(C)c2c(N(c3ccc4c(c3)C3(c5ccccc5-4)C4CC5CC(C4)CC3C5)c3cccc4oc5ccccc5c34)cccc21. The van der Waals surface area contributed by atoms with E-state index >= 15 is 0 Å². The number of hydrogen-bond donors (Lipinski definition) is 0. The summed E-state index contributed by atoms with van der Waals surface area (Å²) >= 11 is 0. The normalized spacial score (nSPS) is 27.8. The van der Waals surface area contributed by atoms with Gasteiger partial charge >= 0.3 is 0 Å². The van der Waals surface area contributed by atoms with Gasteiger partial charge in [0, 0.05) is 16.5 Å². The molecule has 250 valence electrons. The molecule has 2 nitrogen and oxygen atoms in total. The van der Waals surface area contributed by atoms with Crippen molar-refractivity contribution in [2.45, 2.75) is 88.9 Å². The van der Waals surface area contributed by atoms with Crippen LogP contribution >= 0.6 is 0 Å². The molecule has 0 radical (unpaired) electrons. The maximum atomic E-state index is 6.55. The predicted molar refractivity (Wildman–Crippen MR) is 207 cm³/mol. The molecule has 2 heteroatoms. The van der Waals surface area contributed by atoms with Gasteiger partial charge in [-0.2, -0.15) is 0 Å². The van der Waals surface area contributed by atoms with Crippen molar-refractivity contribution in [3.05, 3.63) is 125 Å². The zero-order valence-electron chi connectivity index (χ0n) is 29.9. The average Bonchev–Trinajstić information content (AvgIpc) is 3.63. The molecule has 5 aromatic carbocycles. The van der Waals surface area contributed by atoms with Gasteiger partial charge in [-0.25, -0.2) is 0 Å². The number of para-hydroxylation sites is 1. The summed E-state index contributed by atoms with van der Waals surface area (Å²) < 4.78 is 6.55. The molecular weight excluding hydrogens is 607 g/mol. The highest BCUT2D eigenvalue weighted by molar-refractivity contribution is 6.13. The van der Waals surface area contributed by atoms with Crippen LogP contribution in [-0.4, -0.2) is 0 Å². The van der Waals surface area contributed by atoms with Gasteiger partial charge in [0.15, 0.2) is 0 Å². The number of benzene rings is 5. The molecule has 4 fully saturated rings. The zero-order chi connectivity index (χ0) is 33.6. The van der Waals surface area contributed by atoms with E-state index in [-0.39, 0.29) is 16.2 Å². The van der Waals surface area contributed by atoms with Crippen LogP contribution in [0.3, 0.4) is 0 Å². The Labute approximate surface area is 296 Å². The van der Waals surface area contributed by atoms with Crippen LogP contribution in [0.4, 0.5) is 17.1 Å². The number of anilines is 3. The molecular formula is C48H47NO. The first-order chi connectivity index (χ1) is 24.2. The molecule has 4 bridgehead atoms. The second kappa shape index (κ2) is 9.93. The van der Waals surface area contributed by atoms with Crippen molar-refractivity contribution in [1.82, 2.24) is 0 Å². The van der Waals surface area contributed by atoms with Gasteiger partial charge in [0.1, 0.15) is 11.2 Å². The minimum atomic E-state index is 0.0433. The van der Waals surface area contributed by atoms with Gasteiger partial charge in [-0.15, -0.1) is 0 Å². The lowest BCUT2D eigenvalue weighted by Crippen LogP contribution is -2.55. The largest absolute Gasteiger partial charge is 0.456 e. The molecule has 6 aromatic rings. The summed E-state index contributed by atoms with van der Waals surface area (Å²) in [7, 11) is 0. The molecule has 6 aliphatic carbocycles. The number of nitrogens with zero attached hydrogens (tertiary/aromatic N) is 1. The van der Waals surface area contributed by atoms with E-state index < -0.39 is 0 Å². The van der Waals surface area contributed by atoms with E-state index in [1.54, 1.807) is 11.1 Å². The van der Waals surface area contributed by atoms with Crippen LogP contribution in [0.5, 0.6) is 0 Å². The summed E-state index contributed by atoms with van der Waals surface area (Å²) in [6.45, 7) is 9.84. The number of hydrogen-bond acceptors (Lipinski definition) is 2. The molecule has 1 heterocycles. The van der Waals surface area contributed by atoms with E-state index in [1.165, 1.54) is 95.0 Å². The third-order valence-corrected chi connectivity index (χ3v) is 14.5. The van der Waals surface area contributed by atoms with Gasteiger partial charge in [0.2, 0.25) is 0 Å². The number of rotatable bonds is 3. The third kappa shape index (κ3) is 3.75. The Morgan fingerprint density at radius 3 is 2.02 bits per heavy atom. The van der Waals surface area contributed by atoms with E-state index in [9.17, 15) is 0 Å². The van der Waals surface area contributed by atoms with Gasteiger partial charge in [-0.05, 0) is 149 Å². The molecule has 1 spiro atoms. The topological polar surface area (TPSA) is 16.4 Å². The summed E-state index contributed by atoms with van der Waals surface area (Å²) in [5.74, 6) is 3.31. The molecule has 0 N–H and O–H groups in total. The van der Waals surface area contributed by atoms with Crippen LogP contribution in [0, 0.1) is 23.7 Å². The standard InChI is InChI=1S/C48H47NO/c1-46(2)21-22-47(3,4)45-38(46)14-9-16-41(45)49(40-15-10-18-43-44(40)36-12-6-8-17-42(36)50-43)33-19-20-35-34-11-5-7-13-37(34)48(39(35)28-33)31-24-29-23-30(26-31)27-32(48)25-29/h5-20,28-32H,21-27H2,1-4H3. The zero-order valence-corrected chi connectivity index (χ0v) is 29.9. The Bertz CT molecular complexity index is 2340. The lowest BCUT2D eigenvalue weighted by molar-refractivity contribution is -0.0399. The van der Waals surface area contributed by atoms with Gasteiger partial charge in [-0.3, -0.25) is 0 Å². The van der Waals surface area contributed by atoms with Crippen molar-refractivity contribution in [3.63, 3.8) is 0 Å². The minimum Gasteiger partial charge on any atom is -0.456 e. The first-order valence-corrected chi connectivity index (χ1v) is 19.3. The molecule has 4 saturated carbocycles. The van der Waals surface area contributed by atoms with Gasteiger partial charge in [-0.1, -0.05) is 94.4 Å². The molecule has 6 aliphatic rings. The maximum Gasteiger partial charge on any atom is 0.137 e. The summed E-state index contributed by atoms with van der Waals surface area (Å²) in [6, 6.07) is 39.5. The van der Waals surface area contributed by atoms with E-state index in [4.69, 9.17) is 4.42 Å². The second-order valence-electron chi connectivity index (χ2n) is 18.0. The Balaban J connectivity index is 1.22. The highest BCUT2D eigenvalue weighted by Crippen LogP contribution is 2.69. The molecule has 50 heavy (non-hydrogen) atoms. The summed E-state index contributed by atoms with van der Waals surface area (Å²) in [4.78, 5) is 2.64. The van der Waals surface area contributed by atoms with Gasteiger partial charge < -0.3 is 9.32 Å². The fourth-order valence-corrected chi connectivity index (χ4v) is 12.5. The second-order valence-corrected chi connectivity index (χ2v) is 18.0. The summed E-state index contributed by atoms with van der Waals surface area (Å²) in [5.41, 5.74) is 15.1. The molecule has 0 amide bonds. The Morgan fingerprint density at radius 2 is 1.20 bits per heavy atom. The van der Waals surface area contributed by atoms with Crippen LogP contribution in [0.25, 0.3) is 33.1 Å². The van der Waals surface area contributed by atoms with Crippen LogP contribution in [0.2, 0.25) is 0 Å². The predicted octanol–water partition coefficient (Wildman–Crippen LogP) is 13.1. The molecule has 0 saturated heterocycles. The minimum absolute atomic E-state index is 0.0433. The molecule has 12 rings (SSSR count). The lowest BCUT2D eigenvalue weighted by atomic mass is 9.43. The quantitative estimate of drug-likeness (QED) is 0.189. The van der Waals surface area contributed by atoms with Crippen molar-refractivity contribution in [2.75, 3.05) is 4.90 Å². The number of furan rings is 1. The van der Waals surface area contributed by atoms with E-state index in [0.717, 1.165) is 34.8 Å². The fraction of sp³-hybridized carbons (Fsp3) is 0.375. The maximum absolute atomic E-state index is 6.55. The molecule has 1 aromatic heterocycles. The average molecular weight is 654 g/mol. The molecule has 0 atom stereocenters. The first kappa shape index (κ1) is 29.4. The van der Waals surface area contributed by atoms with Crippen molar-refractivity contribution < 1.29 is 4.42 Å². The van der Waals surface area contributed by atoms with Crippen LogP contribution < -0.4 is 4.90 Å². The third-order valence-electron chi connectivity index (χ3n) is 14.5. The highest BCUT2D eigenvalue weighted by atomic mass is 16.3. The van der Waals surface area contributed by atoms with Gasteiger partial charge in [0.25, 0.3) is 0 Å². The Morgan fingerprint density at radius 1 is 0.560 bits per heavy atom. The van der Waals surface area contributed by atoms with Crippen molar-refractivity contribution in [3.8, 4) is 11.1 Å². The summed E-state index contributed by atoms with van der Waals surface area (Å²) in [5, 5.41) is 2.38. The van der Waals surface area contributed by atoms with Gasteiger partial charge in [0.05, 0.1) is 16.8 Å². The van der Waals surface area contributed by atoms with E-state index in [1.807, 2.05) is 0 Å². The smallest absolute Gasteiger partial charge is 0.137 e. The van der Waals surface area contributed by atoms with Crippen molar-refractivity contribution in [2.24, 2.45) is 23.7 Å². The van der Waals surface area contributed by atoms with E-state index in [2.05, 4.69) is 136 Å². The molecule has 0 aliphatic heterocycles. The monoisotopic (exact) mass is 653 g/mol. The summed E-state index contributed by atoms with van der Waals surface area (Å²) in [6.07, 6.45) is 9.41. The van der Waals surface area contributed by atoms with Crippen LogP contribution in [-0.2, 0) is 16.2 Å². The Kier molecular flexibility index (Phi) is 5.85. The fourth-order valence-electron chi connectivity index (χ4n) is 12.5. The van der Waals surface area contributed by atoms with Crippen LogP contribution in [0.1, 0.15) is 94.9 Å². The highest BCUT2D eigenvalue weighted by Gasteiger charge is 2.61. The van der Waals surface area contributed by atoms with Crippen molar-refractivity contribution in [1.29, 1.82) is 0 Å². The lowest BCUT2D eigenvalue weighted by Gasteiger charge is -2.61. The molecule has 0 unspecified atom stereocenters. The van der Waals surface area contributed by atoms with E-state index in [0.29, 0.717) is 0 Å². The number of fused-ring (bicyclic) bond motifs is 7. The van der Waals surface area contributed by atoms with Crippen LogP contribution in [0.15, 0.2) is 108 Å². The first-order valence-electron chi connectivity index (χ1n) is 19.3. The Hall–Kier alpha value is -4.30. The van der Waals surface area contributed by atoms with Crippen molar-refractivity contribution >= 4 is 39.0 Å².